The van der Waals surface area contributed by atoms with Crippen LogP contribution >= 0.6 is 0 Å². The predicted octanol–water partition coefficient (Wildman–Crippen LogP) is 16.8. The molecular weight excluding hydrogens is 743 g/mol. The summed E-state index contributed by atoms with van der Waals surface area (Å²) in [6.07, 6.45) is 0. The lowest BCUT2D eigenvalue weighted by Gasteiger charge is -2.30. The van der Waals surface area contributed by atoms with Crippen LogP contribution < -0.4 is 4.90 Å². The first kappa shape index (κ1) is 34.9. The van der Waals surface area contributed by atoms with Gasteiger partial charge in [-0.3, -0.25) is 0 Å². The summed E-state index contributed by atoms with van der Waals surface area (Å²) in [5.41, 5.74) is 15.8. The Morgan fingerprint density at radius 2 is 0.820 bits per heavy atom. The van der Waals surface area contributed by atoms with Crippen LogP contribution in [0.15, 0.2) is 233 Å². The van der Waals surface area contributed by atoms with Gasteiger partial charge in [0.1, 0.15) is 22.3 Å². The van der Waals surface area contributed by atoms with Gasteiger partial charge in [0.05, 0.1) is 11.4 Å². The summed E-state index contributed by atoms with van der Waals surface area (Å²) < 4.78 is 12.8. The number of hydrogen-bond donors (Lipinski definition) is 0. The highest BCUT2D eigenvalue weighted by molar-refractivity contribution is 6.11. The Balaban J connectivity index is 1.08. The maximum atomic E-state index is 6.49. The van der Waals surface area contributed by atoms with Gasteiger partial charge in [0.25, 0.3) is 0 Å². The molecule has 0 radical (unpaired) electrons. The van der Waals surface area contributed by atoms with Gasteiger partial charge in [-0.15, -0.1) is 0 Å². The van der Waals surface area contributed by atoms with Gasteiger partial charge in [-0.2, -0.15) is 0 Å². The quantitative estimate of drug-likeness (QED) is 0.161. The van der Waals surface area contributed by atoms with Crippen LogP contribution in [0.4, 0.5) is 17.1 Å². The van der Waals surface area contributed by atoms with Gasteiger partial charge in [0.15, 0.2) is 0 Å². The molecule has 12 aromatic rings. The predicted molar refractivity (Wildman–Crippen MR) is 255 cm³/mol. The molecule has 0 spiro atoms. The molecule has 2 aromatic heterocycles. The van der Waals surface area contributed by atoms with Gasteiger partial charge in [-0.05, 0) is 87.1 Å². The third-order valence-corrected chi connectivity index (χ3v) is 12.1. The Morgan fingerprint density at radius 3 is 1.61 bits per heavy atom. The Bertz CT molecular complexity index is 3590. The van der Waals surface area contributed by atoms with Gasteiger partial charge >= 0.3 is 0 Å². The van der Waals surface area contributed by atoms with Crippen molar-refractivity contribution in [3.8, 4) is 44.5 Å². The first-order valence-electron chi connectivity index (χ1n) is 20.7. The van der Waals surface area contributed by atoms with Crippen LogP contribution in [0.25, 0.3) is 99.2 Å². The normalized spacial score (nSPS) is 11.6. The third-order valence-electron chi connectivity index (χ3n) is 12.1. The average Bonchev–Trinajstić information content (AvgIpc) is 3.91. The number of anilines is 3. The summed E-state index contributed by atoms with van der Waals surface area (Å²) in [5.74, 6) is 0. The van der Waals surface area contributed by atoms with Crippen LogP contribution in [0, 0.1) is 0 Å². The number of fused-ring (bicyclic) bond motifs is 7. The summed E-state index contributed by atoms with van der Waals surface area (Å²) in [4.78, 5) is 2.43. The van der Waals surface area contributed by atoms with Crippen molar-refractivity contribution < 1.29 is 8.83 Å². The van der Waals surface area contributed by atoms with E-state index in [0.29, 0.717) is 0 Å². The zero-order valence-electron chi connectivity index (χ0n) is 33.1. The van der Waals surface area contributed by atoms with Gasteiger partial charge in [0.2, 0.25) is 0 Å². The molecule has 0 aliphatic carbocycles. The molecule has 0 amide bonds. The van der Waals surface area contributed by atoms with Crippen molar-refractivity contribution in [2.24, 2.45) is 0 Å². The molecule has 3 nitrogen and oxygen atoms in total. The first-order chi connectivity index (χ1) is 30.3. The highest BCUT2D eigenvalue weighted by Crippen LogP contribution is 2.48. The van der Waals surface area contributed by atoms with E-state index < -0.39 is 0 Å². The highest BCUT2D eigenvalue weighted by atomic mass is 16.3. The average molecular weight is 780 g/mol. The minimum atomic E-state index is 0.880. The van der Waals surface area contributed by atoms with E-state index >= 15 is 0 Å². The SMILES string of the molecule is c1ccc(-c2cccc3cccc(-c4ccccc4N(c4ccc(-c5cccc6c5oc5ccccc56)cc4)c4ccccc4-c4ccc5oc6ccccc6c5c4)c23)cc1. The standard InChI is InChI=1S/C58H37NO2/c1-2-15-38(16-3-1)44-23-12-17-40-18-13-25-49(57(40)44)46-20-5-9-28-53(46)59(42-34-31-39(32-35-42)45-24-14-26-50-47-21-6-11-30-55(47)61-58(45)50)52-27-8-4-19-43(52)41-33-36-56-51(37-41)48-22-7-10-29-54(48)60-56/h1-37H. The van der Waals surface area contributed by atoms with Crippen LogP contribution in [0.1, 0.15) is 0 Å². The number of nitrogens with zero attached hydrogens (tertiary/aromatic N) is 1. The molecule has 0 aliphatic rings. The minimum absolute atomic E-state index is 0.880. The van der Waals surface area contributed by atoms with Crippen molar-refractivity contribution in [2.45, 2.75) is 0 Å². The summed E-state index contributed by atoms with van der Waals surface area (Å²) in [5, 5.41) is 6.88. The lowest BCUT2D eigenvalue weighted by molar-refractivity contribution is 0.669. The number of benzene rings is 10. The zero-order chi connectivity index (χ0) is 40.3. The fourth-order valence-electron chi connectivity index (χ4n) is 9.30. The molecule has 0 saturated carbocycles. The zero-order valence-corrected chi connectivity index (χ0v) is 33.1. The van der Waals surface area contributed by atoms with Crippen molar-refractivity contribution in [1.29, 1.82) is 0 Å². The van der Waals surface area contributed by atoms with Gasteiger partial charge in [-0.1, -0.05) is 176 Å². The number of para-hydroxylation sites is 5. The Kier molecular flexibility index (Phi) is 8.17. The Hall–Kier alpha value is -8.14. The fraction of sp³-hybridized carbons (Fsp3) is 0. The molecule has 12 rings (SSSR count). The Morgan fingerprint density at radius 1 is 0.295 bits per heavy atom. The second-order valence-corrected chi connectivity index (χ2v) is 15.6. The van der Waals surface area contributed by atoms with E-state index in [1.807, 2.05) is 24.3 Å². The number of rotatable bonds is 7. The maximum absolute atomic E-state index is 6.49. The van der Waals surface area contributed by atoms with E-state index in [9.17, 15) is 0 Å². The monoisotopic (exact) mass is 779 g/mol. The van der Waals surface area contributed by atoms with Crippen LogP contribution in [0.3, 0.4) is 0 Å². The van der Waals surface area contributed by atoms with E-state index in [-0.39, 0.29) is 0 Å². The lowest BCUT2D eigenvalue weighted by atomic mass is 9.90. The number of furan rings is 2. The van der Waals surface area contributed by atoms with E-state index in [1.165, 1.54) is 27.5 Å². The Labute approximate surface area is 353 Å². The lowest BCUT2D eigenvalue weighted by Crippen LogP contribution is -2.12. The van der Waals surface area contributed by atoms with Crippen LogP contribution in [-0.4, -0.2) is 0 Å². The van der Waals surface area contributed by atoms with Gasteiger partial charge in [0, 0.05) is 43.9 Å². The van der Waals surface area contributed by atoms with Crippen molar-refractivity contribution in [3.05, 3.63) is 224 Å². The molecule has 0 fully saturated rings. The highest BCUT2D eigenvalue weighted by Gasteiger charge is 2.23. The minimum Gasteiger partial charge on any atom is -0.456 e. The molecule has 286 valence electrons. The van der Waals surface area contributed by atoms with E-state index in [2.05, 4.69) is 205 Å². The summed E-state index contributed by atoms with van der Waals surface area (Å²) in [6, 6.07) is 80.1. The third kappa shape index (κ3) is 5.82. The van der Waals surface area contributed by atoms with Crippen molar-refractivity contribution in [3.63, 3.8) is 0 Å². The fourth-order valence-corrected chi connectivity index (χ4v) is 9.30. The van der Waals surface area contributed by atoms with Crippen LogP contribution in [0.2, 0.25) is 0 Å². The first-order valence-corrected chi connectivity index (χ1v) is 20.7. The molecule has 3 heteroatoms. The maximum Gasteiger partial charge on any atom is 0.143 e. The topological polar surface area (TPSA) is 29.5 Å². The molecule has 0 unspecified atom stereocenters. The van der Waals surface area contributed by atoms with E-state index in [0.717, 1.165) is 88.8 Å². The molecule has 0 bridgehead atoms. The van der Waals surface area contributed by atoms with Gasteiger partial charge in [-0.25, -0.2) is 0 Å². The van der Waals surface area contributed by atoms with E-state index in [1.54, 1.807) is 0 Å². The molecule has 0 N–H and O–H groups in total. The molecule has 2 heterocycles. The van der Waals surface area contributed by atoms with Crippen LogP contribution in [0.5, 0.6) is 0 Å². The molecule has 0 atom stereocenters. The molecular formula is C58H37NO2. The smallest absolute Gasteiger partial charge is 0.143 e. The van der Waals surface area contributed by atoms with E-state index in [4.69, 9.17) is 8.83 Å². The summed E-state index contributed by atoms with van der Waals surface area (Å²) >= 11 is 0. The molecule has 61 heavy (non-hydrogen) atoms. The van der Waals surface area contributed by atoms with Crippen molar-refractivity contribution >= 4 is 71.7 Å². The molecule has 10 aromatic carbocycles. The summed E-state index contributed by atoms with van der Waals surface area (Å²) in [7, 11) is 0. The number of hydrogen-bond acceptors (Lipinski definition) is 3. The molecule has 0 saturated heterocycles. The van der Waals surface area contributed by atoms with Gasteiger partial charge < -0.3 is 13.7 Å². The van der Waals surface area contributed by atoms with Crippen molar-refractivity contribution in [2.75, 3.05) is 4.90 Å². The summed E-state index contributed by atoms with van der Waals surface area (Å²) in [6.45, 7) is 0. The van der Waals surface area contributed by atoms with Crippen LogP contribution in [-0.2, 0) is 0 Å². The largest absolute Gasteiger partial charge is 0.456 e. The molecule has 0 aliphatic heterocycles. The second-order valence-electron chi connectivity index (χ2n) is 15.6. The van der Waals surface area contributed by atoms with Crippen molar-refractivity contribution in [1.82, 2.24) is 0 Å². The second kappa shape index (κ2) is 14.3.